The van der Waals surface area contributed by atoms with E-state index < -0.39 is 5.97 Å². The molecular weight excluding hydrogens is 236 g/mol. The van der Waals surface area contributed by atoms with Crippen LogP contribution >= 0.6 is 0 Å². The van der Waals surface area contributed by atoms with E-state index in [0.29, 0.717) is 32.8 Å². The van der Waals surface area contributed by atoms with Crippen molar-refractivity contribution < 1.29 is 19.4 Å². The zero-order valence-electron chi connectivity index (χ0n) is 10.5. The van der Waals surface area contributed by atoms with Crippen LogP contribution in [-0.4, -0.2) is 66.3 Å². The van der Waals surface area contributed by atoms with E-state index in [2.05, 4.69) is 0 Å². The van der Waals surface area contributed by atoms with Gasteiger partial charge in [-0.3, -0.25) is 4.79 Å². The molecular formula is C12H20N2O4. The maximum atomic E-state index is 12.2. The van der Waals surface area contributed by atoms with Crippen LogP contribution in [0.15, 0.2) is 0 Å². The number of hydrogen-bond donors (Lipinski definition) is 1. The van der Waals surface area contributed by atoms with Crippen LogP contribution in [0.4, 0.5) is 4.79 Å². The Morgan fingerprint density at radius 2 is 1.89 bits per heavy atom. The second-order valence-corrected chi connectivity index (χ2v) is 4.93. The molecule has 0 aliphatic carbocycles. The predicted octanol–water partition coefficient (Wildman–Crippen LogP) is 0.625. The fraction of sp³-hybridized carbons (Fsp3) is 0.833. The van der Waals surface area contributed by atoms with Gasteiger partial charge in [-0.25, -0.2) is 4.79 Å². The predicted molar refractivity (Wildman–Crippen MR) is 64.3 cm³/mol. The molecule has 1 unspecified atom stereocenters. The number of piperidine rings is 1. The van der Waals surface area contributed by atoms with E-state index in [1.54, 1.807) is 9.80 Å². The molecule has 6 heteroatoms. The largest absolute Gasteiger partial charge is 0.481 e. The second kappa shape index (κ2) is 6.04. The van der Waals surface area contributed by atoms with Crippen molar-refractivity contribution in [3.8, 4) is 0 Å². The molecule has 0 aromatic carbocycles. The fourth-order valence-electron chi connectivity index (χ4n) is 2.61. The average molecular weight is 256 g/mol. The SMILES string of the molecule is O=C(O)CC1CCCN(C(=O)N2CCOCC2)C1. The number of nitrogens with zero attached hydrogens (tertiary/aromatic N) is 2. The van der Waals surface area contributed by atoms with Gasteiger partial charge < -0.3 is 19.6 Å². The van der Waals surface area contributed by atoms with Crippen molar-refractivity contribution in [1.82, 2.24) is 9.80 Å². The van der Waals surface area contributed by atoms with Crippen LogP contribution < -0.4 is 0 Å². The second-order valence-electron chi connectivity index (χ2n) is 4.93. The summed E-state index contributed by atoms with van der Waals surface area (Å²) in [6.07, 6.45) is 1.96. The van der Waals surface area contributed by atoms with Gasteiger partial charge in [0.15, 0.2) is 0 Å². The molecule has 2 rings (SSSR count). The van der Waals surface area contributed by atoms with E-state index in [0.717, 1.165) is 19.4 Å². The Bertz CT molecular complexity index is 315. The van der Waals surface area contributed by atoms with Gasteiger partial charge in [-0.1, -0.05) is 0 Å². The van der Waals surface area contributed by atoms with E-state index >= 15 is 0 Å². The van der Waals surface area contributed by atoms with E-state index in [-0.39, 0.29) is 18.4 Å². The van der Waals surface area contributed by atoms with Crippen LogP contribution in [0.1, 0.15) is 19.3 Å². The van der Waals surface area contributed by atoms with Crippen molar-refractivity contribution in [3.63, 3.8) is 0 Å². The van der Waals surface area contributed by atoms with Gasteiger partial charge >= 0.3 is 12.0 Å². The molecule has 0 bridgehead atoms. The van der Waals surface area contributed by atoms with E-state index in [1.807, 2.05) is 0 Å². The normalized spacial score (nSPS) is 25.0. The third-order valence-corrected chi connectivity index (χ3v) is 3.53. The zero-order chi connectivity index (χ0) is 13.0. The third kappa shape index (κ3) is 3.35. The lowest BCUT2D eigenvalue weighted by Gasteiger charge is -2.37. The Hall–Kier alpha value is -1.30. The number of aliphatic carboxylic acids is 1. The summed E-state index contributed by atoms with van der Waals surface area (Å²) in [5.74, 6) is -0.679. The molecule has 2 amide bonds. The first-order valence-corrected chi connectivity index (χ1v) is 6.50. The fourth-order valence-corrected chi connectivity index (χ4v) is 2.61. The molecule has 6 nitrogen and oxygen atoms in total. The Kier molecular flexibility index (Phi) is 4.41. The van der Waals surface area contributed by atoms with Crippen LogP contribution in [0.5, 0.6) is 0 Å². The molecule has 2 aliphatic heterocycles. The van der Waals surface area contributed by atoms with E-state index in [4.69, 9.17) is 9.84 Å². The molecule has 2 fully saturated rings. The monoisotopic (exact) mass is 256 g/mol. The van der Waals surface area contributed by atoms with Crippen LogP contribution in [0.2, 0.25) is 0 Å². The number of carboxylic acids is 1. The molecule has 0 spiro atoms. The molecule has 1 atom stereocenters. The maximum Gasteiger partial charge on any atom is 0.320 e. The van der Waals surface area contributed by atoms with Crippen molar-refractivity contribution in [3.05, 3.63) is 0 Å². The lowest BCUT2D eigenvalue weighted by atomic mass is 9.95. The highest BCUT2D eigenvalue weighted by atomic mass is 16.5. The molecule has 0 radical (unpaired) electrons. The molecule has 102 valence electrons. The van der Waals surface area contributed by atoms with Gasteiger partial charge in [-0.2, -0.15) is 0 Å². The Balaban J connectivity index is 1.87. The minimum atomic E-state index is -0.777. The topological polar surface area (TPSA) is 70.1 Å². The van der Waals surface area contributed by atoms with E-state index in [9.17, 15) is 9.59 Å². The van der Waals surface area contributed by atoms with Crippen molar-refractivity contribution >= 4 is 12.0 Å². The summed E-state index contributed by atoms with van der Waals surface area (Å²) in [5, 5.41) is 8.81. The highest BCUT2D eigenvalue weighted by Crippen LogP contribution is 2.20. The molecule has 1 N–H and O–H groups in total. The van der Waals surface area contributed by atoms with Crippen molar-refractivity contribution in [2.75, 3.05) is 39.4 Å². The number of carbonyl (C=O) groups is 2. The van der Waals surface area contributed by atoms with E-state index in [1.165, 1.54) is 0 Å². The van der Waals surface area contributed by atoms with Crippen LogP contribution in [0.25, 0.3) is 0 Å². The molecule has 2 saturated heterocycles. The number of morpholine rings is 1. The number of carboxylic acid groups (broad SMARTS) is 1. The Morgan fingerprint density at radius 3 is 2.56 bits per heavy atom. The van der Waals surface area contributed by atoms with Crippen LogP contribution in [0.3, 0.4) is 0 Å². The number of urea groups is 1. The standard InChI is InChI=1S/C12H20N2O4/c15-11(16)8-10-2-1-3-14(9-10)12(17)13-4-6-18-7-5-13/h10H,1-9H2,(H,15,16). The van der Waals surface area contributed by atoms with Gasteiger partial charge in [0.25, 0.3) is 0 Å². The summed E-state index contributed by atoms with van der Waals surface area (Å²) >= 11 is 0. The van der Waals surface area contributed by atoms with Crippen molar-refractivity contribution in [2.24, 2.45) is 5.92 Å². The minimum absolute atomic E-state index is 0.0355. The summed E-state index contributed by atoms with van der Waals surface area (Å²) in [6.45, 7) is 3.78. The summed E-state index contributed by atoms with van der Waals surface area (Å²) in [7, 11) is 0. The van der Waals surface area contributed by atoms with Gasteiger partial charge in [0, 0.05) is 32.6 Å². The van der Waals surface area contributed by atoms with Gasteiger partial charge in [0.2, 0.25) is 0 Å². The highest BCUT2D eigenvalue weighted by molar-refractivity contribution is 5.75. The number of hydrogen-bond acceptors (Lipinski definition) is 3. The summed E-state index contributed by atoms with van der Waals surface area (Å²) in [4.78, 5) is 26.5. The quantitative estimate of drug-likeness (QED) is 0.786. The number of likely N-dealkylation sites (tertiary alicyclic amines) is 1. The molecule has 2 heterocycles. The molecule has 18 heavy (non-hydrogen) atoms. The van der Waals surface area contributed by atoms with Gasteiger partial charge in [0.05, 0.1) is 13.2 Å². The summed E-state index contributed by atoms with van der Waals surface area (Å²) in [6, 6.07) is 0.0355. The number of amides is 2. The molecule has 0 aromatic rings. The lowest BCUT2D eigenvalue weighted by Crippen LogP contribution is -2.51. The first-order valence-electron chi connectivity index (χ1n) is 6.50. The molecule has 0 aromatic heterocycles. The summed E-state index contributed by atoms with van der Waals surface area (Å²) < 4.78 is 5.22. The average Bonchev–Trinajstić information content (AvgIpc) is 2.38. The molecule has 2 aliphatic rings. The summed E-state index contributed by atoms with van der Waals surface area (Å²) in [5.41, 5.74) is 0. The van der Waals surface area contributed by atoms with Gasteiger partial charge in [0.1, 0.15) is 0 Å². The smallest absolute Gasteiger partial charge is 0.320 e. The van der Waals surface area contributed by atoms with Gasteiger partial charge in [-0.05, 0) is 18.8 Å². The molecule has 0 saturated carbocycles. The first kappa shape index (κ1) is 13.1. The lowest BCUT2D eigenvalue weighted by molar-refractivity contribution is -0.138. The number of carbonyl (C=O) groups excluding carboxylic acids is 1. The number of ether oxygens (including phenoxy) is 1. The van der Waals surface area contributed by atoms with Crippen LogP contribution in [-0.2, 0) is 9.53 Å². The van der Waals surface area contributed by atoms with Crippen molar-refractivity contribution in [2.45, 2.75) is 19.3 Å². The Labute approximate surface area is 106 Å². The third-order valence-electron chi connectivity index (χ3n) is 3.53. The number of rotatable bonds is 2. The first-order chi connectivity index (χ1) is 8.66. The van der Waals surface area contributed by atoms with Crippen LogP contribution in [0, 0.1) is 5.92 Å². The minimum Gasteiger partial charge on any atom is -0.481 e. The van der Waals surface area contributed by atoms with Crippen molar-refractivity contribution in [1.29, 1.82) is 0 Å². The highest BCUT2D eigenvalue weighted by Gasteiger charge is 2.28. The zero-order valence-corrected chi connectivity index (χ0v) is 10.5. The maximum absolute atomic E-state index is 12.2. The Morgan fingerprint density at radius 1 is 1.17 bits per heavy atom. The van der Waals surface area contributed by atoms with Gasteiger partial charge in [-0.15, -0.1) is 0 Å².